The number of allylic oxidation sites excluding steroid dienone is 2. The second-order valence-corrected chi connectivity index (χ2v) is 27.8. The standard InChI is InChI=1S/C80H157NO5/c1-3-5-7-9-11-13-15-17-19-20-42-45-48-52-56-60-64-68-72-78(83)77(76-82)81-79(84)73-69-65-61-57-53-49-46-43-40-38-36-34-32-30-28-26-24-22-21-23-25-27-29-31-33-35-37-39-41-44-47-51-55-59-63-67-71-75-86-80(85)74-70-66-62-58-54-50-18-16-14-12-10-8-6-4-2/h16,18,77-78,82-83H,3-15,17,19-76H2,1-2H3,(H,81,84)/b18-16-. The van der Waals surface area contributed by atoms with Crippen LogP contribution in [0.15, 0.2) is 12.2 Å². The van der Waals surface area contributed by atoms with Crippen LogP contribution in [0.4, 0.5) is 0 Å². The van der Waals surface area contributed by atoms with Crippen molar-refractivity contribution in [3.05, 3.63) is 12.2 Å². The Morgan fingerprint density at radius 3 is 0.826 bits per heavy atom. The number of ether oxygens (including phenoxy) is 1. The lowest BCUT2D eigenvalue weighted by molar-refractivity contribution is -0.143. The normalized spacial score (nSPS) is 12.5. The second kappa shape index (κ2) is 76.1. The van der Waals surface area contributed by atoms with E-state index in [0.717, 1.165) is 44.9 Å². The molecule has 0 heterocycles. The van der Waals surface area contributed by atoms with E-state index >= 15 is 0 Å². The average Bonchev–Trinajstić information content (AvgIpc) is 3.55. The van der Waals surface area contributed by atoms with Crippen molar-refractivity contribution in [1.29, 1.82) is 0 Å². The van der Waals surface area contributed by atoms with Crippen molar-refractivity contribution >= 4 is 11.9 Å². The molecular formula is C80H157NO5. The van der Waals surface area contributed by atoms with Crippen LogP contribution in [-0.4, -0.2) is 47.4 Å². The predicted molar refractivity (Wildman–Crippen MR) is 380 cm³/mol. The SMILES string of the molecule is CCCCCCC/C=C\CCCCCCCC(=O)OCCCCCCCCCCCCCCCCCCCCCCCCCCCCCCCCCCCCCCCC(=O)NC(CO)C(O)CCCCCCCCCCCCCCCCCCCC. The Kier molecular flexibility index (Phi) is 74.8. The Morgan fingerprint density at radius 2 is 0.547 bits per heavy atom. The minimum Gasteiger partial charge on any atom is -0.466 e. The van der Waals surface area contributed by atoms with Crippen molar-refractivity contribution in [2.75, 3.05) is 13.2 Å². The summed E-state index contributed by atoms with van der Waals surface area (Å²) in [6.45, 7) is 4.99. The van der Waals surface area contributed by atoms with Crippen LogP contribution in [0.5, 0.6) is 0 Å². The van der Waals surface area contributed by atoms with E-state index in [9.17, 15) is 19.8 Å². The van der Waals surface area contributed by atoms with Gasteiger partial charge in [0.05, 0.1) is 25.4 Å². The number of aliphatic hydroxyl groups is 2. The first-order chi connectivity index (χ1) is 42.5. The highest BCUT2D eigenvalue weighted by molar-refractivity contribution is 5.76. The summed E-state index contributed by atoms with van der Waals surface area (Å²) in [4.78, 5) is 24.6. The highest BCUT2D eigenvalue weighted by Gasteiger charge is 2.20. The molecule has 0 aromatic carbocycles. The van der Waals surface area contributed by atoms with Crippen molar-refractivity contribution in [2.45, 2.75) is 475 Å². The number of nitrogens with one attached hydrogen (secondary N) is 1. The first-order valence-corrected chi connectivity index (χ1v) is 39.9. The third kappa shape index (κ3) is 71.7. The van der Waals surface area contributed by atoms with E-state index in [2.05, 4.69) is 31.3 Å². The molecule has 6 heteroatoms. The fourth-order valence-corrected chi connectivity index (χ4v) is 13.0. The van der Waals surface area contributed by atoms with Crippen LogP contribution in [0.2, 0.25) is 0 Å². The number of unbranched alkanes of at least 4 members (excludes halogenated alkanes) is 63. The van der Waals surface area contributed by atoms with Crippen molar-refractivity contribution in [3.63, 3.8) is 0 Å². The van der Waals surface area contributed by atoms with E-state index in [1.54, 1.807) is 0 Å². The number of hydrogen-bond donors (Lipinski definition) is 3. The molecule has 3 N–H and O–H groups in total. The van der Waals surface area contributed by atoms with Gasteiger partial charge >= 0.3 is 5.97 Å². The van der Waals surface area contributed by atoms with Gasteiger partial charge in [-0.1, -0.05) is 411 Å². The molecule has 2 unspecified atom stereocenters. The van der Waals surface area contributed by atoms with Gasteiger partial charge < -0.3 is 20.3 Å². The quantitative estimate of drug-likeness (QED) is 0.0320. The van der Waals surface area contributed by atoms with E-state index in [1.807, 2.05) is 0 Å². The Hall–Kier alpha value is -1.40. The topological polar surface area (TPSA) is 95.9 Å². The molecule has 6 nitrogen and oxygen atoms in total. The number of carbonyl (C=O) groups is 2. The molecule has 2 atom stereocenters. The zero-order chi connectivity index (χ0) is 62.0. The first kappa shape index (κ1) is 84.6. The maximum Gasteiger partial charge on any atom is 0.305 e. The molecule has 0 aliphatic rings. The summed E-state index contributed by atoms with van der Waals surface area (Å²) >= 11 is 0. The van der Waals surface area contributed by atoms with Gasteiger partial charge in [0.25, 0.3) is 0 Å². The van der Waals surface area contributed by atoms with Crippen LogP contribution in [-0.2, 0) is 14.3 Å². The lowest BCUT2D eigenvalue weighted by Gasteiger charge is -2.22. The number of amides is 1. The molecule has 0 saturated carbocycles. The van der Waals surface area contributed by atoms with Gasteiger partial charge in [-0.2, -0.15) is 0 Å². The molecule has 512 valence electrons. The Labute approximate surface area is 539 Å². The highest BCUT2D eigenvalue weighted by Crippen LogP contribution is 2.20. The Morgan fingerprint density at radius 1 is 0.314 bits per heavy atom. The Bertz CT molecular complexity index is 1300. The van der Waals surface area contributed by atoms with Gasteiger partial charge in [-0.05, 0) is 51.4 Å². The van der Waals surface area contributed by atoms with Gasteiger partial charge in [0.15, 0.2) is 0 Å². The molecule has 0 aromatic heterocycles. The van der Waals surface area contributed by atoms with E-state index in [4.69, 9.17) is 4.74 Å². The van der Waals surface area contributed by atoms with Crippen LogP contribution >= 0.6 is 0 Å². The van der Waals surface area contributed by atoms with Crippen molar-refractivity contribution in [3.8, 4) is 0 Å². The lowest BCUT2D eigenvalue weighted by atomic mass is 10.0. The maximum absolute atomic E-state index is 12.5. The predicted octanol–water partition coefficient (Wildman–Crippen LogP) is 26.3. The fourth-order valence-electron chi connectivity index (χ4n) is 13.0. The summed E-state index contributed by atoms with van der Waals surface area (Å²) in [5.74, 6) is -0.00837. The van der Waals surface area contributed by atoms with E-state index in [-0.39, 0.29) is 18.5 Å². The summed E-state index contributed by atoms with van der Waals surface area (Å²) < 4.78 is 5.50. The summed E-state index contributed by atoms with van der Waals surface area (Å²) in [7, 11) is 0. The molecule has 0 aromatic rings. The molecule has 0 spiro atoms. The minimum absolute atomic E-state index is 0.0159. The van der Waals surface area contributed by atoms with E-state index < -0.39 is 12.1 Å². The van der Waals surface area contributed by atoms with Gasteiger partial charge in [-0.3, -0.25) is 9.59 Å². The summed E-state index contributed by atoms with van der Waals surface area (Å²) in [5.41, 5.74) is 0. The molecule has 0 aliphatic carbocycles. The summed E-state index contributed by atoms with van der Waals surface area (Å²) in [6, 6.07) is -0.537. The zero-order valence-electron chi connectivity index (χ0n) is 58.8. The van der Waals surface area contributed by atoms with Gasteiger partial charge in [0.1, 0.15) is 0 Å². The number of carbonyl (C=O) groups excluding carboxylic acids is 2. The van der Waals surface area contributed by atoms with Crippen LogP contribution in [0.25, 0.3) is 0 Å². The van der Waals surface area contributed by atoms with Crippen LogP contribution in [0.3, 0.4) is 0 Å². The molecule has 0 aliphatic heterocycles. The molecule has 0 fully saturated rings. The zero-order valence-corrected chi connectivity index (χ0v) is 58.8. The van der Waals surface area contributed by atoms with Gasteiger partial charge in [-0.25, -0.2) is 0 Å². The van der Waals surface area contributed by atoms with Gasteiger partial charge in [0.2, 0.25) is 5.91 Å². The summed E-state index contributed by atoms with van der Waals surface area (Å²) in [6.07, 6.45) is 96.0. The fraction of sp³-hybridized carbons (Fsp3) is 0.950. The van der Waals surface area contributed by atoms with Crippen molar-refractivity contribution in [1.82, 2.24) is 5.32 Å². The smallest absolute Gasteiger partial charge is 0.305 e. The van der Waals surface area contributed by atoms with E-state index in [0.29, 0.717) is 25.9 Å². The summed E-state index contributed by atoms with van der Waals surface area (Å²) in [5, 5.41) is 23.4. The molecular weight excluding hydrogens is 1050 g/mol. The third-order valence-electron chi connectivity index (χ3n) is 19.1. The number of rotatable bonds is 76. The van der Waals surface area contributed by atoms with Crippen molar-refractivity contribution in [2.24, 2.45) is 0 Å². The van der Waals surface area contributed by atoms with Crippen LogP contribution < -0.4 is 5.32 Å². The molecule has 0 bridgehead atoms. The third-order valence-corrected chi connectivity index (χ3v) is 19.1. The molecule has 0 saturated heterocycles. The maximum atomic E-state index is 12.5. The van der Waals surface area contributed by atoms with Gasteiger partial charge in [-0.15, -0.1) is 0 Å². The second-order valence-electron chi connectivity index (χ2n) is 27.8. The monoisotopic (exact) mass is 1210 g/mol. The van der Waals surface area contributed by atoms with Crippen molar-refractivity contribution < 1.29 is 24.5 Å². The molecule has 0 radical (unpaired) electrons. The number of esters is 1. The average molecular weight is 1210 g/mol. The van der Waals surface area contributed by atoms with Gasteiger partial charge in [0, 0.05) is 12.8 Å². The number of aliphatic hydroxyl groups excluding tert-OH is 2. The Balaban J connectivity index is 3.29. The molecule has 0 rings (SSSR count). The van der Waals surface area contributed by atoms with Crippen LogP contribution in [0, 0.1) is 0 Å². The number of hydrogen-bond acceptors (Lipinski definition) is 5. The first-order valence-electron chi connectivity index (χ1n) is 39.9. The van der Waals surface area contributed by atoms with Crippen LogP contribution in [0.1, 0.15) is 463 Å². The minimum atomic E-state index is -0.660. The largest absolute Gasteiger partial charge is 0.466 e. The highest BCUT2D eigenvalue weighted by atomic mass is 16.5. The molecule has 1 amide bonds. The molecule has 86 heavy (non-hydrogen) atoms. The lowest BCUT2D eigenvalue weighted by Crippen LogP contribution is -2.45. The van der Waals surface area contributed by atoms with E-state index in [1.165, 1.54) is 385 Å².